The second-order valence-electron chi connectivity index (χ2n) is 3.92. The number of halogens is 4. The minimum atomic E-state index is -4.50. The number of hydrogen-bond donors (Lipinski definition) is 1. The summed E-state index contributed by atoms with van der Waals surface area (Å²) in [7, 11) is 0. The molecular formula is C11H8ClF3N2O2. The van der Waals surface area contributed by atoms with Crippen molar-refractivity contribution in [3.63, 3.8) is 0 Å². The number of hydrogen-bond acceptors (Lipinski definition) is 2. The highest BCUT2D eigenvalue weighted by Crippen LogP contribution is 2.35. The van der Waals surface area contributed by atoms with E-state index in [1.165, 1.54) is 0 Å². The van der Waals surface area contributed by atoms with Crippen molar-refractivity contribution in [1.82, 2.24) is 5.32 Å². The van der Waals surface area contributed by atoms with E-state index in [1.54, 1.807) is 0 Å². The van der Waals surface area contributed by atoms with Gasteiger partial charge in [-0.15, -0.1) is 0 Å². The maximum atomic E-state index is 12.5. The molecule has 1 N–H and O–H groups in total. The summed E-state index contributed by atoms with van der Waals surface area (Å²) in [5.74, 6) is -0.427. The van der Waals surface area contributed by atoms with E-state index < -0.39 is 23.7 Å². The molecule has 1 aromatic carbocycles. The zero-order valence-corrected chi connectivity index (χ0v) is 10.2. The Kier molecular flexibility index (Phi) is 3.40. The predicted octanol–water partition coefficient (Wildman–Crippen LogP) is 2.81. The first kappa shape index (κ1) is 13.7. The Hall–Kier alpha value is -1.76. The molecule has 102 valence electrons. The summed E-state index contributed by atoms with van der Waals surface area (Å²) in [5, 5.41) is 1.87. The van der Waals surface area contributed by atoms with Gasteiger partial charge in [-0.25, -0.2) is 4.79 Å². The molecule has 0 radical (unpaired) electrons. The van der Waals surface area contributed by atoms with E-state index >= 15 is 0 Å². The topological polar surface area (TPSA) is 49.4 Å². The van der Waals surface area contributed by atoms with E-state index in [0.29, 0.717) is 0 Å². The predicted molar refractivity (Wildman–Crippen MR) is 62.0 cm³/mol. The summed E-state index contributed by atoms with van der Waals surface area (Å²) >= 11 is 5.76. The van der Waals surface area contributed by atoms with Gasteiger partial charge >= 0.3 is 12.2 Å². The summed E-state index contributed by atoms with van der Waals surface area (Å²) in [4.78, 5) is 23.7. The van der Waals surface area contributed by atoms with Crippen LogP contribution in [0.15, 0.2) is 18.2 Å². The highest BCUT2D eigenvalue weighted by atomic mass is 35.5. The quantitative estimate of drug-likeness (QED) is 0.865. The average molecular weight is 293 g/mol. The van der Waals surface area contributed by atoms with Gasteiger partial charge in [0.15, 0.2) is 0 Å². The standard InChI is InChI=1S/C11H8ClF3N2O2/c12-7-5-6(11(13,14)15)1-2-8(7)17-4-3-9(18)16-10(17)19/h1-2,5H,3-4H2,(H,16,18,19). The largest absolute Gasteiger partial charge is 0.416 e. The van der Waals surface area contributed by atoms with E-state index in [0.717, 1.165) is 23.1 Å². The molecule has 19 heavy (non-hydrogen) atoms. The summed E-state index contributed by atoms with van der Waals surface area (Å²) < 4.78 is 37.4. The molecule has 1 saturated heterocycles. The average Bonchev–Trinajstić information content (AvgIpc) is 2.28. The first-order valence-electron chi connectivity index (χ1n) is 5.27. The van der Waals surface area contributed by atoms with Crippen molar-refractivity contribution >= 4 is 29.2 Å². The van der Waals surface area contributed by atoms with Gasteiger partial charge in [0.1, 0.15) is 0 Å². The maximum Gasteiger partial charge on any atom is 0.416 e. The van der Waals surface area contributed by atoms with Gasteiger partial charge in [-0.2, -0.15) is 13.2 Å². The van der Waals surface area contributed by atoms with Crippen LogP contribution < -0.4 is 10.2 Å². The monoisotopic (exact) mass is 292 g/mol. The van der Waals surface area contributed by atoms with E-state index in [9.17, 15) is 22.8 Å². The number of rotatable bonds is 1. The Balaban J connectivity index is 2.31. The lowest BCUT2D eigenvalue weighted by molar-refractivity contribution is -0.137. The van der Waals surface area contributed by atoms with Crippen LogP contribution in [0.5, 0.6) is 0 Å². The summed E-state index contributed by atoms with van der Waals surface area (Å²) in [6, 6.07) is 2.00. The number of alkyl halides is 3. The fourth-order valence-corrected chi connectivity index (χ4v) is 1.98. The number of carbonyl (C=O) groups is 2. The molecule has 4 nitrogen and oxygen atoms in total. The third-order valence-electron chi connectivity index (χ3n) is 2.62. The first-order valence-corrected chi connectivity index (χ1v) is 5.65. The number of benzene rings is 1. The van der Waals surface area contributed by atoms with Crippen LogP contribution in [0.2, 0.25) is 5.02 Å². The molecular weight excluding hydrogens is 285 g/mol. The third-order valence-corrected chi connectivity index (χ3v) is 2.92. The molecule has 3 amide bonds. The molecule has 0 spiro atoms. The van der Waals surface area contributed by atoms with E-state index in [1.807, 2.05) is 0 Å². The molecule has 1 aliphatic rings. The SMILES string of the molecule is O=C1CCN(c2ccc(C(F)(F)F)cc2Cl)C(=O)N1. The number of amides is 3. The van der Waals surface area contributed by atoms with Gasteiger partial charge in [-0.3, -0.25) is 15.0 Å². The van der Waals surface area contributed by atoms with Crippen LogP contribution in [0.25, 0.3) is 0 Å². The van der Waals surface area contributed by atoms with Crippen molar-refractivity contribution in [2.75, 3.05) is 11.4 Å². The van der Waals surface area contributed by atoms with Gasteiger partial charge in [0, 0.05) is 13.0 Å². The Morgan fingerprint density at radius 2 is 1.95 bits per heavy atom. The van der Waals surface area contributed by atoms with Gasteiger partial charge in [0.25, 0.3) is 0 Å². The number of imide groups is 1. The van der Waals surface area contributed by atoms with Crippen LogP contribution in [0, 0.1) is 0 Å². The third kappa shape index (κ3) is 2.81. The molecule has 0 aromatic heterocycles. The fourth-order valence-electron chi connectivity index (χ4n) is 1.70. The van der Waals surface area contributed by atoms with Gasteiger partial charge in [0.2, 0.25) is 5.91 Å². The first-order chi connectivity index (χ1) is 8.79. The van der Waals surface area contributed by atoms with E-state index in [4.69, 9.17) is 11.6 Å². The lowest BCUT2D eigenvalue weighted by Gasteiger charge is -2.27. The molecule has 0 saturated carbocycles. The summed E-state index contributed by atoms with van der Waals surface area (Å²) in [6.45, 7) is 0.0791. The number of nitrogens with one attached hydrogen (secondary N) is 1. The van der Waals surface area contributed by atoms with Gasteiger partial charge < -0.3 is 0 Å². The molecule has 1 fully saturated rings. The zero-order chi connectivity index (χ0) is 14.2. The highest BCUT2D eigenvalue weighted by Gasteiger charge is 2.32. The smallest absolute Gasteiger partial charge is 0.292 e. The van der Waals surface area contributed by atoms with Crippen molar-refractivity contribution in [3.8, 4) is 0 Å². The van der Waals surface area contributed by atoms with Crippen LogP contribution in [0.4, 0.5) is 23.7 Å². The zero-order valence-electron chi connectivity index (χ0n) is 9.42. The molecule has 1 aliphatic heterocycles. The second-order valence-corrected chi connectivity index (χ2v) is 4.33. The number of anilines is 1. The lowest BCUT2D eigenvalue weighted by Crippen LogP contribution is -2.49. The summed E-state index contributed by atoms with van der Waals surface area (Å²) in [5.41, 5.74) is -0.755. The maximum absolute atomic E-state index is 12.5. The second kappa shape index (κ2) is 4.73. The van der Waals surface area contributed by atoms with Crippen LogP contribution in [-0.2, 0) is 11.0 Å². The Morgan fingerprint density at radius 3 is 2.47 bits per heavy atom. The van der Waals surface area contributed by atoms with Crippen molar-refractivity contribution in [3.05, 3.63) is 28.8 Å². The Labute approximate surface area is 111 Å². The molecule has 0 bridgehead atoms. The number of nitrogens with zero attached hydrogens (tertiary/aromatic N) is 1. The molecule has 8 heteroatoms. The van der Waals surface area contributed by atoms with Crippen LogP contribution in [-0.4, -0.2) is 18.5 Å². The fraction of sp³-hybridized carbons (Fsp3) is 0.273. The summed E-state index contributed by atoms with van der Waals surface area (Å²) in [6.07, 6.45) is -4.43. The number of carbonyl (C=O) groups excluding carboxylic acids is 2. The van der Waals surface area contributed by atoms with Gasteiger partial charge in [-0.1, -0.05) is 11.6 Å². The molecule has 0 unspecified atom stereocenters. The minimum absolute atomic E-state index is 0.0725. The minimum Gasteiger partial charge on any atom is -0.292 e. The molecule has 2 rings (SSSR count). The molecule has 1 aromatic rings. The van der Waals surface area contributed by atoms with Gasteiger partial charge in [-0.05, 0) is 18.2 Å². The van der Waals surface area contributed by atoms with Crippen molar-refractivity contribution in [1.29, 1.82) is 0 Å². The number of urea groups is 1. The van der Waals surface area contributed by atoms with E-state index in [-0.39, 0.29) is 23.7 Å². The van der Waals surface area contributed by atoms with Crippen molar-refractivity contribution in [2.45, 2.75) is 12.6 Å². The van der Waals surface area contributed by atoms with E-state index in [2.05, 4.69) is 5.32 Å². The highest BCUT2D eigenvalue weighted by molar-refractivity contribution is 6.34. The van der Waals surface area contributed by atoms with Crippen LogP contribution in [0.3, 0.4) is 0 Å². The molecule has 0 atom stereocenters. The van der Waals surface area contributed by atoms with Gasteiger partial charge in [0.05, 0.1) is 16.3 Å². The van der Waals surface area contributed by atoms with Crippen LogP contribution in [0.1, 0.15) is 12.0 Å². The molecule has 1 heterocycles. The van der Waals surface area contributed by atoms with Crippen molar-refractivity contribution < 1.29 is 22.8 Å². The van der Waals surface area contributed by atoms with Crippen molar-refractivity contribution in [2.24, 2.45) is 0 Å². The normalized spacial score (nSPS) is 16.5. The Bertz CT molecular complexity index is 545. The van der Waals surface area contributed by atoms with Crippen LogP contribution >= 0.6 is 11.6 Å². The Morgan fingerprint density at radius 1 is 1.26 bits per heavy atom. The lowest BCUT2D eigenvalue weighted by atomic mass is 10.1. The molecule has 0 aliphatic carbocycles.